The van der Waals surface area contributed by atoms with Crippen molar-refractivity contribution < 1.29 is 14.3 Å². The summed E-state index contributed by atoms with van der Waals surface area (Å²) in [5.74, 6) is 0.347. The quantitative estimate of drug-likeness (QED) is 0.657. The van der Waals surface area contributed by atoms with Gasteiger partial charge in [-0.25, -0.2) is 0 Å². The summed E-state index contributed by atoms with van der Waals surface area (Å²) in [4.78, 5) is 29.1. The Kier molecular flexibility index (Phi) is 9.61. The number of rotatable bonds is 6. The normalized spacial score (nSPS) is 22.7. The summed E-state index contributed by atoms with van der Waals surface area (Å²) in [5, 5.41) is 6.35. The predicted molar refractivity (Wildman–Crippen MR) is 105 cm³/mol. The number of hydrogen-bond donors (Lipinski definition) is 2. The van der Waals surface area contributed by atoms with Gasteiger partial charge in [-0.05, 0) is 38.8 Å². The van der Waals surface area contributed by atoms with Crippen molar-refractivity contribution in [3.8, 4) is 0 Å². The van der Waals surface area contributed by atoms with E-state index in [1.54, 1.807) is 7.11 Å². The zero-order valence-electron chi connectivity index (χ0n) is 15.5. The lowest BCUT2D eigenvalue weighted by Gasteiger charge is -2.42. The van der Waals surface area contributed by atoms with Crippen LogP contribution in [0.3, 0.4) is 0 Å². The van der Waals surface area contributed by atoms with E-state index in [4.69, 9.17) is 4.74 Å². The highest BCUT2D eigenvalue weighted by Crippen LogP contribution is 2.32. The van der Waals surface area contributed by atoms with Crippen LogP contribution in [-0.2, 0) is 14.3 Å². The Morgan fingerprint density at radius 1 is 1.12 bits per heavy atom. The van der Waals surface area contributed by atoms with Gasteiger partial charge in [-0.1, -0.05) is 0 Å². The fourth-order valence-electron chi connectivity index (χ4n) is 3.75. The molecule has 3 aliphatic rings. The van der Waals surface area contributed by atoms with E-state index in [-0.39, 0.29) is 42.0 Å². The second-order valence-electron chi connectivity index (χ2n) is 7.37. The molecular formula is C17H32Cl2N4O3. The highest BCUT2D eigenvalue weighted by atomic mass is 35.5. The monoisotopic (exact) mass is 410 g/mol. The van der Waals surface area contributed by atoms with E-state index in [2.05, 4.69) is 15.5 Å². The van der Waals surface area contributed by atoms with Crippen molar-refractivity contribution in [1.82, 2.24) is 20.4 Å². The lowest BCUT2D eigenvalue weighted by molar-refractivity contribution is -0.149. The minimum Gasteiger partial charge on any atom is -0.384 e. The van der Waals surface area contributed by atoms with Gasteiger partial charge in [0.25, 0.3) is 0 Å². The van der Waals surface area contributed by atoms with Crippen molar-refractivity contribution in [3.05, 3.63) is 0 Å². The molecule has 0 spiro atoms. The largest absolute Gasteiger partial charge is 0.384 e. The molecule has 0 atom stereocenters. The minimum absolute atomic E-state index is 0. The number of piperazine rings is 1. The van der Waals surface area contributed by atoms with Crippen LogP contribution < -0.4 is 10.6 Å². The van der Waals surface area contributed by atoms with Crippen LogP contribution in [0.15, 0.2) is 0 Å². The number of carbonyl (C=O) groups excluding carboxylic acids is 2. The van der Waals surface area contributed by atoms with Crippen molar-refractivity contribution in [3.63, 3.8) is 0 Å². The standard InChI is InChI=1S/C17H30N4O3.2ClH/c1-24-13-17(4-6-18-7-5-17)16(23)21-10-8-20(9-11-21)12-15(22)19-14-2-3-14;;/h14,18H,2-13H2,1H3,(H,19,22);2*1H. The Balaban J connectivity index is 0.00000169. The maximum atomic E-state index is 13.1. The summed E-state index contributed by atoms with van der Waals surface area (Å²) >= 11 is 0. The third-order valence-electron chi connectivity index (χ3n) is 5.40. The number of methoxy groups -OCH3 is 1. The lowest BCUT2D eigenvalue weighted by atomic mass is 9.78. The van der Waals surface area contributed by atoms with Crippen LogP contribution in [0.25, 0.3) is 0 Å². The average molecular weight is 411 g/mol. The molecule has 2 saturated heterocycles. The van der Waals surface area contributed by atoms with E-state index >= 15 is 0 Å². The first-order valence-electron chi connectivity index (χ1n) is 9.14. The molecule has 3 rings (SSSR count). The molecule has 9 heteroatoms. The van der Waals surface area contributed by atoms with Gasteiger partial charge in [0.15, 0.2) is 0 Å². The Bertz CT molecular complexity index is 457. The van der Waals surface area contributed by atoms with Crippen molar-refractivity contribution in [2.45, 2.75) is 31.7 Å². The molecule has 0 unspecified atom stereocenters. The molecule has 2 aliphatic heterocycles. The molecule has 0 radical (unpaired) electrons. The molecule has 0 bridgehead atoms. The minimum atomic E-state index is -0.370. The zero-order valence-corrected chi connectivity index (χ0v) is 17.1. The zero-order chi connectivity index (χ0) is 17.0. The molecule has 2 heterocycles. The fraction of sp³-hybridized carbons (Fsp3) is 0.882. The highest BCUT2D eigenvalue weighted by molar-refractivity contribution is 5.85. The maximum Gasteiger partial charge on any atom is 0.234 e. The molecule has 2 N–H and O–H groups in total. The van der Waals surface area contributed by atoms with Crippen molar-refractivity contribution in [2.24, 2.45) is 5.41 Å². The first-order chi connectivity index (χ1) is 11.6. The smallest absolute Gasteiger partial charge is 0.234 e. The average Bonchev–Trinajstić information content (AvgIpc) is 3.40. The van der Waals surface area contributed by atoms with Gasteiger partial charge in [0.05, 0.1) is 18.6 Å². The van der Waals surface area contributed by atoms with E-state index in [1.807, 2.05) is 4.90 Å². The Labute approximate surface area is 168 Å². The molecule has 0 aromatic heterocycles. The van der Waals surface area contributed by atoms with Gasteiger partial charge >= 0.3 is 0 Å². The highest BCUT2D eigenvalue weighted by Gasteiger charge is 2.42. The molecule has 7 nitrogen and oxygen atoms in total. The van der Waals surface area contributed by atoms with E-state index in [0.717, 1.165) is 51.9 Å². The van der Waals surface area contributed by atoms with E-state index in [0.29, 0.717) is 32.3 Å². The van der Waals surface area contributed by atoms with Gasteiger partial charge in [0, 0.05) is 39.3 Å². The number of halogens is 2. The molecule has 0 aromatic rings. The molecule has 26 heavy (non-hydrogen) atoms. The Hall–Kier alpha value is -0.600. The second-order valence-corrected chi connectivity index (χ2v) is 7.37. The van der Waals surface area contributed by atoms with Crippen LogP contribution in [0.4, 0.5) is 0 Å². The van der Waals surface area contributed by atoms with Gasteiger partial charge in [0.2, 0.25) is 11.8 Å². The number of nitrogens with zero attached hydrogens (tertiary/aromatic N) is 2. The lowest BCUT2D eigenvalue weighted by Crippen LogP contribution is -2.57. The SMILES string of the molecule is COCC1(C(=O)N2CCN(CC(=O)NC3CC3)CC2)CCNCC1.Cl.Cl. The number of amides is 2. The third-order valence-corrected chi connectivity index (χ3v) is 5.40. The molecule has 0 aromatic carbocycles. The molecule has 1 aliphatic carbocycles. The van der Waals surface area contributed by atoms with Crippen LogP contribution >= 0.6 is 24.8 Å². The van der Waals surface area contributed by atoms with Gasteiger partial charge in [-0.2, -0.15) is 0 Å². The third kappa shape index (κ3) is 5.96. The topological polar surface area (TPSA) is 73.9 Å². The maximum absolute atomic E-state index is 13.1. The van der Waals surface area contributed by atoms with E-state index in [9.17, 15) is 9.59 Å². The molecular weight excluding hydrogens is 379 g/mol. The number of carbonyl (C=O) groups is 2. The summed E-state index contributed by atoms with van der Waals surface area (Å²) < 4.78 is 5.37. The van der Waals surface area contributed by atoms with Gasteiger partial charge in [-0.15, -0.1) is 24.8 Å². The van der Waals surface area contributed by atoms with E-state index in [1.165, 1.54) is 0 Å². The van der Waals surface area contributed by atoms with E-state index < -0.39 is 0 Å². The molecule has 152 valence electrons. The Morgan fingerprint density at radius 2 is 1.73 bits per heavy atom. The van der Waals surface area contributed by atoms with Crippen LogP contribution in [0.5, 0.6) is 0 Å². The van der Waals surface area contributed by atoms with Crippen LogP contribution in [0.2, 0.25) is 0 Å². The first kappa shape index (κ1) is 23.4. The summed E-state index contributed by atoms with van der Waals surface area (Å²) in [6.07, 6.45) is 3.91. The van der Waals surface area contributed by atoms with Gasteiger partial charge in [-0.3, -0.25) is 14.5 Å². The van der Waals surface area contributed by atoms with Crippen LogP contribution in [-0.4, -0.2) is 87.2 Å². The number of ether oxygens (including phenoxy) is 1. The van der Waals surface area contributed by atoms with Crippen molar-refractivity contribution in [1.29, 1.82) is 0 Å². The molecule has 3 fully saturated rings. The van der Waals surface area contributed by atoms with Crippen LogP contribution in [0, 0.1) is 5.41 Å². The molecule has 1 saturated carbocycles. The summed E-state index contributed by atoms with van der Waals surface area (Å²) in [6.45, 7) is 5.63. The summed E-state index contributed by atoms with van der Waals surface area (Å²) in [6, 6.07) is 0.411. The van der Waals surface area contributed by atoms with Crippen LogP contribution in [0.1, 0.15) is 25.7 Å². The second kappa shape index (κ2) is 10.7. The molecule has 2 amide bonds. The summed E-state index contributed by atoms with van der Waals surface area (Å²) in [7, 11) is 1.67. The fourth-order valence-corrected chi connectivity index (χ4v) is 3.75. The summed E-state index contributed by atoms with van der Waals surface area (Å²) in [5.41, 5.74) is -0.370. The number of nitrogens with one attached hydrogen (secondary N) is 2. The van der Waals surface area contributed by atoms with Crippen molar-refractivity contribution in [2.75, 3.05) is 59.5 Å². The Morgan fingerprint density at radius 3 is 2.27 bits per heavy atom. The van der Waals surface area contributed by atoms with Crippen molar-refractivity contribution >= 4 is 36.6 Å². The first-order valence-corrected chi connectivity index (χ1v) is 9.14. The van der Waals surface area contributed by atoms with Gasteiger partial charge < -0.3 is 20.3 Å². The predicted octanol–water partition coefficient (Wildman–Crippen LogP) is 0.269. The van der Waals surface area contributed by atoms with Gasteiger partial charge in [0.1, 0.15) is 0 Å². The number of piperidine rings is 1. The number of hydrogen-bond acceptors (Lipinski definition) is 5.